The molecule has 0 saturated heterocycles. The van der Waals surface area contributed by atoms with Gasteiger partial charge in [-0.3, -0.25) is 4.98 Å². The summed E-state index contributed by atoms with van der Waals surface area (Å²) in [5.41, 5.74) is 3.19. The van der Waals surface area contributed by atoms with Crippen LogP contribution in [0.2, 0.25) is 0 Å². The van der Waals surface area contributed by atoms with E-state index in [4.69, 9.17) is 9.72 Å². The van der Waals surface area contributed by atoms with E-state index >= 15 is 0 Å². The summed E-state index contributed by atoms with van der Waals surface area (Å²) in [6.45, 7) is 5.82. The monoisotopic (exact) mass is 267 g/mol. The highest BCUT2D eigenvalue weighted by atomic mass is 16.5. The van der Waals surface area contributed by atoms with E-state index in [9.17, 15) is 0 Å². The highest BCUT2D eigenvalue weighted by molar-refractivity contribution is 6.02. The lowest BCUT2D eigenvalue weighted by atomic mass is 10.0. The molecular weight excluding hydrogens is 250 g/mol. The highest BCUT2D eigenvalue weighted by Gasteiger charge is 2.27. The largest absolute Gasteiger partial charge is 0.371 e. The lowest BCUT2D eigenvalue weighted by Gasteiger charge is -2.29. The number of aromatic nitrogens is 3. The summed E-state index contributed by atoms with van der Waals surface area (Å²) in [7, 11) is 0. The first kappa shape index (κ1) is 11.9. The third kappa shape index (κ3) is 1.58. The van der Waals surface area contributed by atoms with E-state index in [0.717, 1.165) is 23.5 Å². The van der Waals surface area contributed by atoms with Crippen LogP contribution in [-0.2, 0) is 11.3 Å². The summed E-state index contributed by atoms with van der Waals surface area (Å²) in [4.78, 5) is 9.22. The third-order valence-electron chi connectivity index (χ3n) is 4.12. The molecule has 1 aliphatic heterocycles. The number of nitrogens with zero attached hydrogens (tertiary/aromatic N) is 3. The summed E-state index contributed by atoms with van der Waals surface area (Å²) in [5.74, 6) is 1.53. The van der Waals surface area contributed by atoms with Crippen LogP contribution in [-0.4, -0.2) is 21.1 Å². The fraction of sp³-hybridized carbons (Fsp3) is 0.375. The van der Waals surface area contributed by atoms with Gasteiger partial charge in [0.1, 0.15) is 17.9 Å². The average Bonchev–Trinajstić information content (AvgIpc) is 2.85. The number of para-hydroxylation sites is 1. The van der Waals surface area contributed by atoms with Gasteiger partial charge in [-0.2, -0.15) is 0 Å². The van der Waals surface area contributed by atoms with Crippen LogP contribution in [0.25, 0.3) is 21.9 Å². The highest BCUT2D eigenvalue weighted by Crippen LogP contribution is 2.33. The Morgan fingerprint density at radius 2 is 2.10 bits per heavy atom. The molecule has 0 spiro atoms. The van der Waals surface area contributed by atoms with Crippen molar-refractivity contribution in [3.8, 4) is 0 Å². The van der Waals surface area contributed by atoms with Crippen molar-refractivity contribution >= 4 is 21.9 Å². The second kappa shape index (κ2) is 4.28. The molecule has 2 aromatic heterocycles. The molecule has 4 rings (SSSR count). The Kier molecular flexibility index (Phi) is 2.54. The molecule has 0 aliphatic carbocycles. The van der Waals surface area contributed by atoms with Crippen molar-refractivity contribution in [1.29, 1.82) is 0 Å². The summed E-state index contributed by atoms with van der Waals surface area (Å²) < 4.78 is 8.08. The molecule has 3 aromatic rings. The number of fused-ring (bicyclic) bond motifs is 5. The van der Waals surface area contributed by atoms with E-state index in [1.165, 1.54) is 10.9 Å². The number of imidazole rings is 1. The predicted octanol–water partition coefficient (Wildman–Crippen LogP) is 3.31. The molecule has 0 unspecified atom stereocenters. The van der Waals surface area contributed by atoms with Gasteiger partial charge in [0.05, 0.1) is 29.9 Å². The number of ether oxygens (including phenoxy) is 1. The maximum Gasteiger partial charge on any atom is 0.136 e. The topological polar surface area (TPSA) is 39.9 Å². The molecule has 20 heavy (non-hydrogen) atoms. The van der Waals surface area contributed by atoms with Crippen LogP contribution in [0.4, 0.5) is 0 Å². The van der Waals surface area contributed by atoms with E-state index in [-0.39, 0.29) is 0 Å². The van der Waals surface area contributed by atoms with Crippen molar-refractivity contribution in [3.05, 3.63) is 36.3 Å². The van der Waals surface area contributed by atoms with Crippen molar-refractivity contribution in [3.63, 3.8) is 0 Å². The zero-order valence-corrected chi connectivity index (χ0v) is 11.7. The molecule has 1 aliphatic rings. The fourth-order valence-corrected chi connectivity index (χ4v) is 3.07. The lowest BCUT2D eigenvalue weighted by Crippen LogP contribution is -2.27. The number of benzene rings is 1. The Balaban J connectivity index is 2.12. The third-order valence-corrected chi connectivity index (χ3v) is 4.12. The Morgan fingerprint density at radius 1 is 1.25 bits per heavy atom. The van der Waals surface area contributed by atoms with Crippen LogP contribution in [0.3, 0.4) is 0 Å². The van der Waals surface area contributed by atoms with E-state index in [0.29, 0.717) is 18.6 Å². The molecule has 102 valence electrons. The summed E-state index contributed by atoms with van der Waals surface area (Å²) >= 11 is 0. The number of pyridine rings is 1. The first-order chi connectivity index (χ1) is 9.75. The van der Waals surface area contributed by atoms with E-state index in [1.807, 2.05) is 12.3 Å². The first-order valence-corrected chi connectivity index (χ1v) is 7.08. The smallest absolute Gasteiger partial charge is 0.136 e. The van der Waals surface area contributed by atoms with Gasteiger partial charge in [-0.05, 0) is 12.0 Å². The molecule has 3 heterocycles. The lowest BCUT2D eigenvalue weighted by molar-refractivity contribution is 0.0418. The van der Waals surface area contributed by atoms with Gasteiger partial charge in [-0.25, -0.2) is 4.98 Å². The van der Waals surface area contributed by atoms with E-state index in [1.54, 1.807) is 0 Å². The quantitative estimate of drug-likeness (QED) is 0.679. The summed E-state index contributed by atoms with van der Waals surface area (Å²) in [5, 5.41) is 1.18. The second-order valence-electron chi connectivity index (χ2n) is 5.73. The fourth-order valence-electron chi connectivity index (χ4n) is 3.07. The first-order valence-electron chi connectivity index (χ1n) is 7.08. The Bertz CT molecular complexity index is 791. The summed E-state index contributed by atoms with van der Waals surface area (Å²) in [6.07, 6.45) is 1.88. The predicted molar refractivity (Wildman–Crippen MR) is 78.6 cm³/mol. The molecule has 0 bridgehead atoms. The Hall–Kier alpha value is -1.94. The molecular formula is C16H17N3O. The van der Waals surface area contributed by atoms with Crippen LogP contribution >= 0.6 is 0 Å². The molecule has 0 saturated carbocycles. The van der Waals surface area contributed by atoms with Gasteiger partial charge < -0.3 is 9.30 Å². The SMILES string of the molecule is CC(C)[C@H]1COCc2nc3cnc4ccccc4c3n21. The molecule has 4 nitrogen and oxygen atoms in total. The minimum absolute atomic E-state index is 0.342. The zero-order valence-electron chi connectivity index (χ0n) is 11.7. The van der Waals surface area contributed by atoms with E-state index < -0.39 is 0 Å². The average molecular weight is 267 g/mol. The molecule has 4 heteroatoms. The molecule has 1 atom stereocenters. The van der Waals surface area contributed by atoms with Gasteiger partial charge in [0.25, 0.3) is 0 Å². The minimum Gasteiger partial charge on any atom is -0.371 e. The zero-order chi connectivity index (χ0) is 13.7. The Morgan fingerprint density at radius 3 is 2.95 bits per heavy atom. The molecule has 1 aromatic carbocycles. The van der Waals surface area contributed by atoms with Crippen molar-refractivity contribution in [2.24, 2.45) is 5.92 Å². The van der Waals surface area contributed by atoms with Gasteiger partial charge in [-0.1, -0.05) is 32.0 Å². The van der Waals surface area contributed by atoms with Gasteiger partial charge in [0.2, 0.25) is 0 Å². The number of hydrogen-bond donors (Lipinski definition) is 0. The molecule has 0 amide bonds. The molecule has 0 N–H and O–H groups in total. The van der Waals surface area contributed by atoms with Crippen LogP contribution in [0.5, 0.6) is 0 Å². The van der Waals surface area contributed by atoms with Crippen molar-refractivity contribution < 1.29 is 4.74 Å². The van der Waals surface area contributed by atoms with Crippen LogP contribution in [0, 0.1) is 5.92 Å². The van der Waals surface area contributed by atoms with Crippen molar-refractivity contribution in [1.82, 2.24) is 14.5 Å². The standard InChI is InChI=1S/C16H17N3O/c1-10(2)14-8-20-9-15-18-13-7-17-12-6-4-3-5-11(12)16(13)19(14)15/h3-7,10,14H,8-9H2,1-2H3/t14-/m1/s1. The van der Waals surface area contributed by atoms with Crippen molar-refractivity contribution in [2.45, 2.75) is 26.5 Å². The van der Waals surface area contributed by atoms with E-state index in [2.05, 4.69) is 41.6 Å². The molecule has 0 radical (unpaired) electrons. The summed E-state index contributed by atoms with van der Waals surface area (Å²) in [6, 6.07) is 8.62. The maximum absolute atomic E-state index is 5.71. The number of rotatable bonds is 1. The van der Waals surface area contributed by atoms with Gasteiger partial charge in [0.15, 0.2) is 0 Å². The van der Waals surface area contributed by atoms with Crippen molar-refractivity contribution in [2.75, 3.05) is 6.61 Å². The van der Waals surface area contributed by atoms with Crippen LogP contribution in [0.15, 0.2) is 30.5 Å². The maximum atomic E-state index is 5.71. The number of hydrogen-bond acceptors (Lipinski definition) is 3. The molecule has 0 fully saturated rings. The normalized spacial score (nSPS) is 18.9. The van der Waals surface area contributed by atoms with Crippen LogP contribution < -0.4 is 0 Å². The van der Waals surface area contributed by atoms with Crippen LogP contribution in [0.1, 0.15) is 25.7 Å². The Labute approximate surface area is 117 Å². The van der Waals surface area contributed by atoms with Gasteiger partial charge >= 0.3 is 0 Å². The van der Waals surface area contributed by atoms with Gasteiger partial charge in [-0.15, -0.1) is 0 Å². The second-order valence-corrected chi connectivity index (χ2v) is 5.73. The van der Waals surface area contributed by atoms with Gasteiger partial charge in [0, 0.05) is 5.39 Å². The minimum atomic E-state index is 0.342.